The van der Waals surface area contributed by atoms with Crippen LogP contribution < -0.4 is 5.56 Å². The van der Waals surface area contributed by atoms with Crippen molar-refractivity contribution in [2.45, 2.75) is 12.1 Å². The topological polar surface area (TPSA) is 120 Å². The first-order chi connectivity index (χ1) is 13.5. The molecule has 10 nitrogen and oxygen atoms in total. The average molecular weight is 397 g/mol. The standard InChI is InChI=1S/C17H15N7O3S/c1-4-7-28-17-19-16(20-21-17)23-6-5-11-10(14(23)25)8-18-13-12(15(26)27-3)9(2)22-24(11)13/h4-6,8H,1,7H2,2-3H3,(H,19,20,21). The molecule has 142 valence electrons. The number of hydrogen-bond acceptors (Lipinski definition) is 8. The number of H-pyrrole nitrogens is 1. The van der Waals surface area contributed by atoms with Crippen LogP contribution in [0.4, 0.5) is 0 Å². The fraction of sp³-hybridized carbons (Fsp3) is 0.176. The molecule has 0 aliphatic rings. The van der Waals surface area contributed by atoms with E-state index in [1.807, 2.05) is 0 Å². The van der Waals surface area contributed by atoms with E-state index >= 15 is 0 Å². The molecule has 11 heteroatoms. The van der Waals surface area contributed by atoms with E-state index in [0.717, 1.165) is 0 Å². The lowest BCUT2D eigenvalue weighted by Gasteiger charge is -2.05. The van der Waals surface area contributed by atoms with Gasteiger partial charge in [0.2, 0.25) is 11.1 Å². The summed E-state index contributed by atoms with van der Waals surface area (Å²) in [5, 5.41) is 12.0. The summed E-state index contributed by atoms with van der Waals surface area (Å²) in [4.78, 5) is 33.6. The van der Waals surface area contributed by atoms with Crippen molar-refractivity contribution in [1.82, 2.24) is 34.3 Å². The Morgan fingerprint density at radius 1 is 1.46 bits per heavy atom. The average Bonchev–Trinajstić information content (AvgIpc) is 3.29. The van der Waals surface area contributed by atoms with Gasteiger partial charge in [-0.15, -0.1) is 11.7 Å². The maximum Gasteiger partial charge on any atom is 0.343 e. The molecular weight excluding hydrogens is 382 g/mol. The van der Waals surface area contributed by atoms with Crippen LogP contribution in [-0.4, -0.2) is 53.2 Å². The number of carbonyl (C=O) groups is 1. The first kappa shape index (κ1) is 17.9. The highest BCUT2D eigenvalue weighted by molar-refractivity contribution is 7.99. The number of rotatable bonds is 5. The number of aromatic nitrogens is 7. The summed E-state index contributed by atoms with van der Waals surface area (Å²) in [7, 11) is 1.30. The third kappa shape index (κ3) is 2.76. The van der Waals surface area contributed by atoms with Crippen LogP contribution in [0.1, 0.15) is 16.1 Å². The number of nitrogens with one attached hydrogen (secondary N) is 1. The van der Waals surface area contributed by atoms with Crippen molar-refractivity contribution in [3.63, 3.8) is 0 Å². The normalized spacial score (nSPS) is 11.2. The minimum Gasteiger partial charge on any atom is -0.465 e. The zero-order chi connectivity index (χ0) is 19.8. The van der Waals surface area contributed by atoms with Crippen LogP contribution in [0.25, 0.3) is 22.5 Å². The molecule has 0 saturated heterocycles. The highest BCUT2D eigenvalue weighted by Gasteiger charge is 2.21. The Hall–Kier alpha value is -3.47. The predicted octanol–water partition coefficient (Wildman–Crippen LogP) is 1.52. The number of nitrogens with zero attached hydrogens (tertiary/aromatic N) is 6. The first-order valence-corrected chi connectivity index (χ1v) is 9.18. The van der Waals surface area contributed by atoms with Crippen LogP contribution in [0.15, 0.2) is 41.1 Å². The zero-order valence-electron chi connectivity index (χ0n) is 15.0. The van der Waals surface area contributed by atoms with Crippen molar-refractivity contribution >= 4 is 34.3 Å². The molecule has 0 saturated carbocycles. The third-order valence-electron chi connectivity index (χ3n) is 4.09. The molecule has 0 atom stereocenters. The molecule has 4 rings (SSSR count). The molecule has 0 aromatic carbocycles. The van der Waals surface area contributed by atoms with Gasteiger partial charge in [0.05, 0.1) is 23.7 Å². The van der Waals surface area contributed by atoms with Gasteiger partial charge in [0.15, 0.2) is 5.65 Å². The molecule has 4 aromatic heterocycles. The number of aromatic amines is 1. The van der Waals surface area contributed by atoms with Crippen LogP contribution in [0.3, 0.4) is 0 Å². The Balaban J connectivity index is 1.87. The number of pyridine rings is 1. The quantitative estimate of drug-likeness (QED) is 0.306. The van der Waals surface area contributed by atoms with Gasteiger partial charge in [0.1, 0.15) is 5.56 Å². The largest absolute Gasteiger partial charge is 0.465 e. The van der Waals surface area contributed by atoms with Gasteiger partial charge in [-0.3, -0.25) is 9.36 Å². The summed E-state index contributed by atoms with van der Waals surface area (Å²) in [6.45, 7) is 5.34. The number of methoxy groups -OCH3 is 1. The molecule has 4 heterocycles. The number of carbonyl (C=O) groups excluding carboxylic acids is 1. The Kier molecular flexibility index (Phi) is 4.43. The highest BCUT2D eigenvalue weighted by atomic mass is 32.2. The van der Waals surface area contributed by atoms with E-state index in [0.29, 0.717) is 39.1 Å². The number of thioether (sulfide) groups is 1. The summed E-state index contributed by atoms with van der Waals surface area (Å²) in [5.41, 5.74) is 1.25. The van der Waals surface area contributed by atoms with E-state index in [1.54, 1.807) is 25.3 Å². The van der Waals surface area contributed by atoms with Crippen LogP contribution in [0.2, 0.25) is 0 Å². The maximum atomic E-state index is 13.0. The lowest BCUT2D eigenvalue weighted by molar-refractivity contribution is 0.0602. The molecule has 0 bridgehead atoms. The van der Waals surface area contributed by atoms with E-state index in [2.05, 4.69) is 31.8 Å². The minimum absolute atomic E-state index is 0.271. The van der Waals surface area contributed by atoms with Gasteiger partial charge in [0.25, 0.3) is 5.56 Å². The molecule has 0 aliphatic heterocycles. The van der Waals surface area contributed by atoms with Gasteiger partial charge in [-0.05, 0) is 13.0 Å². The Bertz CT molecular complexity index is 1290. The number of esters is 1. The molecule has 28 heavy (non-hydrogen) atoms. The van der Waals surface area contributed by atoms with Gasteiger partial charge in [0, 0.05) is 18.1 Å². The Labute approximate surface area is 162 Å². The first-order valence-electron chi connectivity index (χ1n) is 8.19. The molecule has 4 aromatic rings. The molecule has 0 unspecified atom stereocenters. The fourth-order valence-electron chi connectivity index (χ4n) is 2.83. The second kappa shape index (κ2) is 6.93. The van der Waals surface area contributed by atoms with E-state index in [9.17, 15) is 9.59 Å². The van der Waals surface area contributed by atoms with E-state index in [1.165, 1.54) is 34.2 Å². The summed E-state index contributed by atoms with van der Waals surface area (Å²) in [5.74, 6) is 0.428. The highest BCUT2D eigenvalue weighted by Crippen LogP contribution is 2.19. The number of aryl methyl sites for hydroxylation is 1. The Morgan fingerprint density at radius 2 is 2.29 bits per heavy atom. The summed E-state index contributed by atoms with van der Waals surface area (Å²) in [6.07, 6.45) is 4.73. The van der Waals surface area contributed by atoms with Crippen molar-refractivity contribution in [3.05, 3.63) is 52.7 Å². The van der Waals surface area contributed by atoms with Crippen LogP contribution in [-0.2, 0) is 4.74 Å². The summed E-state index contributed by atoms with van der Waals surface area (Å²) >= 11 is 1.40. The molecular formula is C17H15N7O3S. The summed E-state index contributed by atoms with van der Waals surface area (Å²) in [6, 6.07) is 1.71. The van der Waals surface area contributed by atoms with Gasteiger partial charge in [-0.1, -0.05) is 17.8 Å². The van der Waals surface area contributed by atoms with Crippen molar-refractivity contribution in [1.29, 1.82) is 0 Å². The van der Waals surface area contributed by atoms with E-state index in [4.69, 9.17) is 4.74 Å². The van der Waals surface area contributed by atoms with Crippen LogP contribution >= 0.6 is 11.8 Å². The van der Waals surface area contributed by atoms with Gasteiger partial charge in [-0.2, -0.15) is 10.1 Å². The lowest BCUT2D eigenvalue weighted by Crippen LogP contribution is -2.20. The van der Waals surface area contributed by atoms with E-state index in [-0.39, 0.29) is 11.1 Å². The lowest BCUT2D eigenvalue weighted by atomic mass is 10.2. The Morgan fingerprint density at radius 3 is 3.04 bits per heavy atom. The molecule has 1 N–H and O–H groups in total. The monoisotopic (exact) mass is 397 g/mol. The minimum atomic E-state index is -0.529. The molecule has 0 amide bonds. The van der Waals surface area contributed by atoms with Crippen LogP contribution in [0.5, 0.6) is 0 Å². The zero-order valence-corrected chi connectivity index (χ0v) is 15.9. The van der Waals surface area contributed by atoms with Crippen molar-refractivity contribution < 1.29 is 9.53 Å². The third-order valence-corrected chi connectivity index (χ3v) is 4.93. The molecule has 0 radical (unpaired) electrons. The van der Waals surface area contributed by atoms with E-state index < -0.39 is 5.97 Å². The van der Waals surface area contributed by atoms with Crippen molar-refractivity contribution in [3.8, 4) is 5.95 Å². The number of hydrogen-bond donors (Lipinski definition) is 1. The second-order valence-electron chi connectivity index (χ2n) is 5.78. The fourth-order valence-corrected chi connectivity index (χ4v) is 3.36. The number of ether oxygens (including phenoxy) is 1. The molecule has 0 fully saturated rings. The molecule has 0 aliphatic carbocycles. The number of fused-ring (bicyclic) bond motifs is 3. The smallest absolute Gasteiger partial charge is 0.343 e. The van der Waals surface area contributed by atoms with Crippen molar-refractivity contribution in [2.24, 2.45) is 0 Å². The predicted molar refractivity (Wildman–Crippen MR) is 103 cm³/mol. The SMILES string of the molecule is C=CCSc1n[nH]c(-n2ccc3c(cnc4c(C(=O)OC)c(C)nn43)c2=O)n1. The van der Waals surface area contributed by atoms with Gasteiger partial charge in [-0.25, -0.2) is 19.4 Å². The maximum absolute atomic E-state index is 13.0. The van der Waals surface area contributed by atoms with Gasteiger partial charge < -0.3 is 4.74 Å². The summed E-state index contributed by atoms with van der Waals surface area (Å²) < 4.78 is 7.61. The van der Waals surface area contributed by atoms with Gasteiger partial charge >= 0.3 is 5.97 Å². The van der Waals surface area contributed by atoms with Crippen LogP contribution in [0, 0.1) is 6.92 Å². The molecule has 0 spiro atoms. The van der Waals surface area contributed by atoms with Crippen molar-refractivity contribution in [2.75, 3.05) is 12.9 Å². The second-order valence-corrected chi connectivity index (χ2v) is 6.76.